The third-order valence-corrected chi connectivity index (χ3v) is 3.34. The van der Waals surface area contributed by atoms with Crippen LogP contribution in [-0.2, 0) is 10.2 Å². The van der Waals surface area contributed by atoms with Crippen LogP contribution in [0, 0.1) is 22.5 Å². The number of nitrogens with zero attached hydrogens (tertiary/aromatic N) is 2. The molecule has 0 fully saturated rings. The number of benzene rings is 1. The minimum atomic E-state index is -0.782. The van der Waals surface area contributed by atoms with Gasteiger partial charge in [0.25, 0.3) is 5.69 Å². The second-order valence-corrected chi connectivity index (χ2v) is 4.91. The summed E-state index contributed by atoms with van der Waals surface area (Å²) >= 11 is 0. The van der Waals surface area contributed by atoms with Gasteiger partial charge in [-0.15, -0.1) is 6.42 Å². The zero-order chi connectivity index (χ0) is 14.4. The van der Waals surface area contributed by atoms with Gasteiger partial charge in [-0.25, -0.2) is 0 Å². The molecule has 0 bridgehead atoms. The second-order valence-electron chi connectivity index (χ2n) is 4.91. The van der Waals surface area contributed by atoms with Gasteiger partial charge in [0.05, 0.1) is 22.6 Å². The van der Waals surface area contributed by atoms with Crippen LogP contribution in [-0.4, -0.2) is 17.4 Å². The summed E-state index contributed by atoms with van der Waals surface area (Å²) in [7, 11) is 0. The zero-order valence-corrected chi connectivity index (χ0v) is 10.6. The SMILES string of the molecule is C#CCN1C(=O)C(C)(C)c2cc(N)c([N+](=O)[O-])cc21. The molecule has 1 amide bonds. The van der Waals surface area contributed by atoms with Crippen molar-refractivity contribution in [3.05, 3.63) is 27.8 Å². The van der Waals surface area contributed by atoms with Gasteiger partial charge in [-0.2, -0.15) is 0 Å². The highest BCUT2D eigenvalue weighted by Gasteiger charge is 2.44. The van der Waals surface area contributed by atoms with Crippen molar-refractivity contribution in [3.8, 4) is 12.3 Å². The molecule has 0 radical (unpaired) electrons. The molecule has 1 aliphatic heterocycles. The molecule has 6 nitrogen and oxygen atoms in total. The zero-order valence-electron chi connectivity index (χ0n) is 10.6. The van der Waals surface area contributed by atoms with Crippen LogP contribution in [0.4, 0.5) is 17.1 Å². The summed E-state index contributed by atoms with van der Waals surface area (Å²) in [5.41, 5.74) is 5.85. The third-order valence-electron chi connectivity index (χ3n) is 3.34. The van der Waals surface area contributed by atoms with E-state index in [0.717, 1.165) is 0 Å². The number of amides is 1. The molecule has 1 aliphatic rings. The lowest BCUT2D eigenvalue weighted by atomic mass is 9.86. The van der Waals surface area contributed by atoms with Gasteiger partial charge in [-0.1, -0.05) is 5.92 Å². The van der Waals surface area contributed by atoms with Crippen LogP contribution >= 0.6 is 0 Å². The van der Waals surface area contributed by atoms with E-state index < -0.39 is 10.3 Å². The number of nitro groups is 1. The maximum absolute atomic E-state index is 12.3. The average Bonchev–Trinajstić information content (AvgIpc) is 2.50. The number of rotatable bonds is 2. The van der Waals surface area contributed by atoms with Gasteiger partial charge in [-0.3, -0.25) is 19.8 Å². The molecule has 98 valence electrons. The average molecular weight is 259 g/mol. The minimum Gasteiger partial charge on any atom is -0.393 e. The van der Waals surface area contributed by atoms with Crippen LogP contribution < -0.4 is 10.6 Å². The number of nitro benzene ring substituents is 1. The molecule has 2 rings (SSSR count). The standard InChI is InChI=1S/C13H13N3O3/c1-4-5-15-10-7-11(16(18)19)9(14)6-8(10)13(2,3)12(15)17/h1,6-7H,5,14H2,2-3H3. The number of terminal acetylenes is 1. The van der Waals surface area contributed by atoms with Crippen molar-refractivity contribution in [3.63, 3.8) is 0 Å². The maximum atomic E-state index is 12.3. The Morgan fingerprint density at radius 3 is 2.68 bits per heavy atom. The lowest BCUT2D eigenvalue weighted by Gasteiger charge is -2.17. The van der Waals surface area contributed by atoms with Gasteiger partial charge in [-0.05, 0) is 25.5 Å². The second kappa shape index (κ2) is 3.99. The Balaban J connectivity index is 2.70. The Bertz CT molecular complexity index is 629. The topological polar surface area (TPSA) is 89.5 Å². The van der Waals surface area contributed by atoms with Gasteiger partial charge in [0.2, 0.25) is 5.91 Å². The number of anilines is 2. The molecule has 6 heteroatoms. The van der Waals surface area contributed by atoms with Crippen LogP contribution in [0.15, 0.2) is 12.1 Å². The van der Waals surface area contributed by atoms with Crippen LogP contribution in [0.1, 0.15) is 19.4 Å². The largest absolute Gasteiger partial charge is 0.393 e. The van der Waals surface area contributed by atoms with Crippen molar-refractivity contribution < 1.29 is 9.72 Å². The van der Waals surface area contributed by atoms with Gasteiger partial charge in [0, 0.05) is 6.07 Å². The van der Waals surface area contributed by atoms with Gasteiger partial charge < -0.3 is 5.73 Å². The molecule has 0 atom stereocenters. The summed E-state index contributed by atoms with van der Waals surface area (Å²) in [6, 6.07) is 2.80. The van der Waals surface area contributed by atoms with E-state index in [-0.39, 0.29) is 23.8 Å². The van der Waals surface area contributed by atoms with Gasteiger partial charge in [0.15, 0.2) is 0 Å². The van der Waals surface area contributed by atoms with Crippen molar-refractivity contribution in [2.24, 2.45) is 0 Å². The summed E-state index contributed by atoms with van der Waals surface area (Å²) in [5.74, 6) is 2.21. The molecule has 2 N–H and O–H groups in total. The molecule has 0 aliphatic carbocycles. The van der Waals surface area contributed by atoms with E-state index in [1.165, 1.54) is 17.0 Å². The summed E-state index contributed by atoms with van der Waals surface area (Å²) in [4.78, 5) is 24.0. The van der Waals surface area contributed by atoms with Crippen LogP contribution in [0.3, 0.4) is 0 Å². The maximum Gasteiger partial charge on any atom is 0.294 e. The van der Waals surface area contributed by atoms with Crippen LogP contribution in [0.5, 0.6) is 0 Å². The fourth-order valence-electron chi connectivity index (χ4n) is 2.29. The lowest BCUT2D eigenvalue weighted by Crippen LogP contribution is -2.36. The Hall–Kier alpha value is -2.55. The number of carbonyl (C=O) groups excluding carboxylic acids is 1. The fraction of sp³-hybridized carbons (Fsp3) is 0.308. The summed E-state index contributed by atoms with van der Waals surface area (Å²) in [5, 5.41) is 10.9. The fourth-order valence-corrected chi connectivity index (χ4v) is 2.29. The first-order valence-electron chi connectivity index (χ1n) is 5.64. The van der Waals surface area contributed by atoms with E-state index in [1.54, 1.807) is 13.8 Å². The first-order chi connectivity index (χ1) is 8.80. The highest BCUT2D eigenvalue weighted by molar-refractivity contribution is 6.08. The van der Waals surface area contributed by atoms with E-state index in [2.05, 4.69) is 5.92 Å². The number of hydrogen-bond acceptors (Lipinski definition) is 4. The van der Waals surface area contributed by atoms with E-state index in [0.29, 0.717) is 11.3 Å². The normalized spacial score (nSPS) is 16.1. The molecule has 1 aromatic rings. The molecule has 19 heavy (non-hydrogen) atoms. The van der Waals surface area contributed by atoms with E-state index in [1.807, 2.05) is 0 Å². The molecular weight excluding hydrogens is 246 g/mol. The van der Waals surface area contributed by atoms with Crippen LogP contribution in [0.25, 0.3) is 0 Å². The number of nitrogen functional groups attached to an aromatic ring is 1. The first kappa shape index (κ1) is 12.9. The quantitative estimate of drug-likeness (QED) is 0.376. The van der Waals surface area contributed by atoms with Crippen molar-refractivity contribution in [2.75, 3.05) is 17.2 Å². The van der Waals surface area contributed by atoms with Crippen molar-refractivity contribution in [1.82, 2.24) is 0 Å². The summed E-state index contributed by atoms with van der Waals surface area (Å²) in [6.45, 7) is 3.57. The Morgan fingerprint density at radius 1 is 1.53 bits per heavy atom. The third kappa shape index (κ3) is 1.71. The van der Waals surface area contributed by atoms with Gasteiger partial charge in [0.1, 0.15) is 5.69 Å². The van der Waals surface area contributed by atoms with Crippen molar-refractivity contribution in [2.45, 2.75) is 19.3 Å². The molecule has 0 saturated heterocycles. The van der Waals surface area contributed by atoms with Crippen LogP contribution in [0.2, 0.25) is 0 Å². The Morgan fingerprint density at radius 2 is 2.16 bits per heavy atom. The molecule has 1 aromatic carbocycles. The highest BCUT2D eigenvalue weighted by Crippen LogP contribution is 2.44. The van der Waals surface area contributed by atoms with E-state index >= 15 is 0 Å². The number of hydrogen-bond donors (Lipinski definition) is 1. The predicted molar refractivity (Wildman–Crippen MR) is 71.7 cm³/mol. The number of nitrogens with two attached hydrogens (primary N) is 1. The van der Waals surface area contributed by atoms with E-state index in [9.17, 15) is 14.9 Å². The van der Waals surface area contributed by atoms with Gasteiger partial charge >= 0.3 is 0 Å². The summed E-state index contributed by atoms with van der Waals surface area (Å²) in [6.07, 6.45) is 5.24. The molecular formula is C13H13N3O3. The minimum absolute atomic E-state index is 0.0483. The first-order valence-corrected chi connectivity index (χ1v) is 5.64. The highest BCUT2D eigenvalue weighted by atomic mass is 16.6. The molecule has 0 aromatic heterocycles. The molecule has 0 saturated carbocycles. The predicted octanol–water partition coefficient (Wildman–Crippen LogP) is 1.43. The van der Waals surface area contributed by atoms with Crippen molar-refractivity contribution in [1.29, 1.82) is 0 Å². The monoisotopic (exact) mass is 259 g/mol. The summed E-state index contributed by atoms with van der Waals surface area (Å²) < 4.78 is 0. The smallest absolute Gasteiger partial charge is 0.294 e. The number of fused-ring (bicyclic) bond motifs is 1. The van der Waals surface area contributed by atoms with Crippen molar-refractivity contribution >= 4 is 23.0 Å². The van der Waals surface area contributed by atoms with E-state index in [4.69, 9.17) is 12.2 Å². The lowest BCUT2D eigenvalue weighted by molar-refractivity contribution is -0.383. The Kier molecular flexibility index (Phi) is 2.71. The molecule has 0 unspecified atom stereocenters. The molecule has 1 heterocycles. The Labute approximate surface area is 110 Å². The number of carbonyl (C=O) groups is 1. The molecule has 0 spiro atoms.